The van der Waals surface area contributed by atoms with Crippen LogP contribution in [0.25, 0.3) is 0 Å². The number of aromatic amines is 1. The number of hydrogen-bond acceptors (Lipinski definition) is 5. The highest BCUT2D eigenvalue weighted by molar-refractivity contribution is 7.89. The van der Waals surface area contributed by atoms with Gasteiger partial charge >= 0.3 is 0 Å². The van der Waals surface area contributed by atoms with E-state index in [9.17, 15) is 13.7 Å². The summed E-state index contributed by atoms with van der Waals surface area (Å²) >= 11 is 0. The van der Waals surface area contributed by atoms with Crippen molar-refractivity contribution in [2.24, 2.45) is 0 Å². The maximum Gasteiger partial charge on any atom is 0.246 e. The van der Waals surface area contributed by atoms with Gasteiger partial charge in [-0.05, 0) is 13.3 Å². The van der Waals surface area contributed by atoms with E-state index in [4.69, 9.17) is 0 Å². The van der Waals surface area contributed by atoms with E-state index in [2.05, 4.69) is 21.2 Å². The Morgan fingerprint density at radius 1 is 1.43 bits per heavy atom. The summed E-state index contributed by atoms with van der Waals surface area (Å²) < 4.78 is 26.5. The van der Waals surface area contributed by atoms with Gasteiger partial charge in [0, 0.05) is 26.2 Å². The third kappa shape index (κ3) is 3.26. The Morgan fingerprint density at radius 3 is 2.57 bits per heavy atom. The molecule has 1 aromatic heterocycles. The van der Waals surface area contributed by atoms with Gasteiger partial charge in [0.05, 0.1) is 24.0 Å². The summed E-state index contributed by atoms with van der Waals surface area (Å²) in [5, 5.41) is 15.6. The fourth-order valence-electron chi connectivity index (χ4n) is 2.60. The number of hydrogen-bond donors (Lipinski definition) is 1. The lowest BCUT2D eigenvalue weighted by atomic mass is 10.1. The first-order valence-electron chi connectivity index (χ1n) is 7.14. The Kier molecular flexibility index (Phi) is 4.98. The average Bonchev–Trinajstić information content (AvgIpc) is 2.92. The molecule has 0 aromatic carbocycles. The Balaban J connectivity index is 2.05. The van der Waals surface area contributed by atoms with Crippen molar-refractivity contribution in [3.63, 3.8) is 0 Å². The normalized spacial score (nSPS) is 19.3. The molecule has 2 rings (SSSR count). The molecule has 2 heterocycles. The second-order valence-electron chi connectivity index (χ2n) is 5.23. The largest absolute Gasteiger partial charge is 0.285 e. The Hall–Kier alpha value is -1.43. The van der Waals surface area contributed by atoms with Crippen LogP contribution in [0.5, 0.6) is 0 Å². The summed E-state index contributed by atoms with van der Waals surface area (Å²) in [4.78, 5) is 2.30. The number of aromatic nitrogens is 2. The van der Waals surface area contributed by atoms with Crippen molar-refractivity contribution in [2.75, 3.05) is 26.2 Å². The summed E-state index contributed by atoms with van der Waals surface area (Å²) in [6.45, 7) is 5.75. The molecule has 0 saturated carbocycles. The molecule has 1 saturated heterocycles. The molecule has 0 amide bonds. The highest BCUT2D eigenvalue weighted by Crippen LogP contribution is 2.20. The standard InChI is InChI=1S/C13H21N5O2S/c1-3-4-12(9-14)17-5-7-18(8-6-17)21(19,20)13-10-15-16-11(13)2/h10,12H,3-8H2,1-2H3,(H,15,16). The summed E-state index contributed by atoms with van der Waals surface area (Å²) in [5.41, 5.74) is 0.554. The number of sulfonamides is 1. The lowest BCUT2D eigenvalue weighted by Gasteiger charge is -2.36. The van der Waals surface area contributed by atoms with Gasteiger partial charge in [-0.3, -0.25) is 10.00 Å². The van der Waals surface area contributed by atoms with Crippen molar-refractivity contribution in [1.82, 2.24) is 19.4 Å². The molecule has 1 fully saturated rings. The fourth-order valence-corrected chi connectivity index (χ4v) is 4.14. The number of nitrogens with one attached hydrogen (secondary N) is 1. The third-order valence-corrected chi connectivity index (χ3v) is 5.84. The molecule has 0 radical (unpaired) electrons. The summed E-state index contributed by atoms with van der Waals surface area (Å²) in [5.74, 6) is 0. The topological polar surface area (TPSA) is 93.1 Å². The molecule has 1 aromatic rings. The molecule has 1 atom stereocenters. The van der Waals surface area contributed by atoms with E-state index in [0.717, 1.165) is 12.8 Å². The first kappa shape index (κ1) is 15.9. The molecule has 1 aliphatic rings. The average molecular weight is 311 g/mol. The minimum Gasteiger partial charge on any atom is -0.285 e. The molecule has 0 aliphatic carbocycles. The molecule has 116 valence electrons. The Bertz CT molecular complexity index is 611. The van der Waals surface area contributed by atoms with Crippen LogP contribution >= 0.6 is 0 Å². The van der Waals surface area contributed by atoms with E-state index in [1.807, 2.05) is 6.92 Å². The number of aryl methyl sites for hydroxylation is 1. The summed E-state index contributed by atoms with van der Waals surface area (Å²) in [6, 6.07) is 2.19. The Labute approximate surface area is 125 Å². The molecular weight excluding hydrogens is 290 g/mol. The zero-order valence-corrected chi connectivity index (χ0v) is 13.2. The van der Waals surface area contributed by atoms with E-state index in [1.54, 1.807) is 6.92 Å². The summed E-state index contributed by atoms with van der Waals surface area (Å²) in [6.07, 6.45) is 3.13. The van der Waals surface area contributed by atoms with Crippen LogP contribution in [0.2, 0.25) is 0 Å². The van der Waals surface area contributed by atoms with Gasteiger partial charge < -0.3 is 0 Å². The molecule has 21 heavy (non-hydrogen) atoms. The van der Waals surface area contributed by atoms with E-state index >= 15 is 0 Å². The van der Waals surface area contributed by atoms with E-state index in [1.165, 1.54) is 10.5 Å². The van der Waals surface area contributed by atoms with Crippen molar-refractivity contribution < 1.29 is 8.42 Å². The highest BCUT2D eigenvalue weighted by atomic mass is 32.2. The van der Waals surface area contributed by atoms with Crippen LogP contribution in [0.4, 0.5) is 0 Å². The number of nitriles is 1. The predicted octanol–water partition coefficient (Wildman–Crippen LogP) is 0.717. The van der Waals surface area contributed by atoms with Crippen LogP contribution in [0, 0.1) is 18.3 Å². The predicted molar refractivity (Wildman–Crippen MR) is 78.0 cm³/mol. The van der Waals surface area contributed by atoms with Gasteiger partial charge in [0.15, 0.2) is 0 Å². The van der Waals surface area contributed by atoms with Gasteiger partial charge in [-0.2, -0.15) is 14.7 Å². The maximum atomic E-state index is 12.5. The smallest absolute Gasteiger partial charge is 0.246 e. The molecule has 0 spiro atoms. The van der Waals surface area contributed by atoms with Crippen LogP contribution in [0.15, 0.2) is 11.1 Å². The molecule has 7 nitrogen and oxygen atoms in total. The first-order valence-corrected chi connectivity index (χ1v) is 8.58. The van der Waals surface area contributed by atoms with Crippen molar-refractivity contribution in [2.45, 2.75) is 37.6 Å². The third-order valence-electron chi connectivity index (χ3n) is 3.83. The van der Waals surface area contributed by atoms with E-state index in [0.29, 0.717) is 31.9 Å². The lowest BCUT2D eigenvalue weighted by molar-refractivity contribution is 0.156. The molecule has 1 N–H and O–H groups in total. The minimum atomic E-state index is -3.49. The van der Waals surface area contributed by atoms with Crippen LogP contribution in [0.3, 0.4) is 0 Å². The number of nitrogens with zero attached hydrogens (tertiary/aromatic N) is 4. The molecule has 1 unspecified atom stereocenters. The molecular formula is C13H21N5O2S. The van der Waals surface area contributed by atoms with Gasteiger partial charge in [0.25, 0.3) is 0 Å². The van der Waals surface area contributed by atoms with Crippen LogP contribution in [0.1, 0.15) is 25.5 Å². The molecule has 8 heteroatoms. The first-order chi connectivity index (χ1) is 10.0. The van der Waals surface area contributed by atoms with Crippen molar-refractivity contribution in [3.05, 3.63) is 11.9 Å². The van der Waals surface area contributed by atoms with Crippen molar-refractivity contribution in [3.8, 4) is 6.07 Å². The fraction of sp³-hybridized carbons (Fsp3) is 0.692. The van der Waals surface area contributed by atoms with Crippen molar-refractivity contribution >= 4 is 10.0 Å². The minimum absolute atomic E-state index is 0.115. The maximum absolute atomic E-state index is 12.5. The second kappa shape index (κ2) is 6.56. The van der Waals surface area contributed by atoms with Gasteiger partial charge in [0.2, 0.25) is 10.0 Å². The number of H-pyrrole nitrogens is 1. The summed E-state index contributed by atoms with van der Waals surface area (Å²) in [7, 11) is -3.49. The molecule has 0 bridgehead atoms. The SMILES string of the molecule is CCCC(C#N)N1CCN(S(=O)(=O)c2cn[nH]c2C)CC1. The van der Waals surface area contributed by atoms with Gasteiger partial charge in [-0.1, -0.05) is 13.3 Å². The van der Waals surface area contributed by atoms with Gasteiger partial charge in [-0.25, -0.2) is 8.42 Å². The molecule has 1 aliphatic heterocycles. The van der Waals surface area contributed by atoms with Crippen molar-refractivity contribution in [1.29, 1.82) is 5.26 Å². The zero-order chi connectivity index (χ0) is 15.5. The monoisotopic (exact) mass is 311 g/mol. The van der Waals surface area contributed by atoms with Crippen LogP contribution in [-0.2, 0) is 10.0 Å². The van der Waals surface area contributed by atoms with Gasteiger partial charge in [-0.15, -0.1) is 0 Å². The second-order valence-corrected chi connectivity index (χ2v) is 7.14. The van der Waals surface area contributed by atoms with Gasteiger partial charge in [0.1, 0.15) is 4.90 Å². The van der Waals surface area contributed by atoms with E-state index < -0.39 is 10.0 Å². The lowest BCUT2D eigenvalue weighted by Crippen LogP contribution is -2.51. The van der Waals surface area contributed by atoms with Crippen LogP contribution in [-0.4, -0.2) is 60.0 Å². The van der Waals surface area contributed by atoms with Crippen LogP contribution < -0.4 is 0 Å². The zero-order valence-electron chi connectivity index (χ0n) is 12.4. The Morgan fingerprint density at radius 2 is 2.10 bits per heavy atom. The quantitative estimate of drug-likeness (QED) is 0.864. The van der Waals surface area contributed by atoms with E-state index in [-0.39, 0.29) is 10.9 Å². The highest BCUT2D eigenvalue weighted by Gasteiger charge is 2.32. The number of piperazine rings is 1. The number of rotatable bonds is 5.